The van der Waals surface area contributed by atoms with Crippen LogP contribution in [0.5, 0.6) is 11.6 Å². The van der Waals surface area contributed by atoms with Gasteiger partial charge in [0.2, 0.25) is 0 Å². The lowest BCUT2D eigenvalue weighted by Gasteiger charge is -2.18. The first-order valence-corrected chi connectivity index (χ1v) is 8.27. The van der Waals surface area contributed by atoms with E-state index in [9.17, 15) is 15.2 Å². The van der Waals surface area contributed by atoms with Gasteiger partial charge in [-0.25, -0.2) is 4.98 Å². The minimum atomic E-state index is -0.872. The molecule has 2 rings (SSSR count). The number of para-hydroxylation sites is 1. The van der Waals surface area contributed by atoms with E-state index < -0.39 is 11.2 Å². The van der Waals surface area contributed by atoms with Crippen molar-refractivity contribution in [3.63, 3.8) is 0 Å². The molecule has 0 radical (unpaired) electrons. The Kier molecular flexibility index (Phi) is 6.30. The molecule has 1 aromatic carbocycles. The monoisotopic (exact) mass is 345 g/mol. The molecule has 0 amide bonds. The quantitative estimate of drug-likeness (QED) is 0.420. The molecule has 0 bridgehead atoms. The van der Waals surface area contributed by atoms with Crippen LogP contribution in [0.15, 0.2) is 30.3 Å². The molecule has 1 atom stereocenters. The first-order chi connectivity index (χ1) is 11.9. The largest absolute Gasteiger partial charge is 0.434 e. The van der Waals surface area contributed by atoms with Crippen molar-refractivity contribution >= 4 is 11.4 Å². The number of rotatable bonds is 8. The van der Waals surface area contributed by atoms with E-state index in [1.807, 2.05) is 13.0 Å². The van der Waals surface area contributed by atoms with Crippen LogP contribution in [0.3, 0.4) is 0 Å². The van der Waals surface area contributed by atoms with Crippen LogP contribution in [0.4, 0.5) is 11.4 Å². The summed E-state index contributed by atoms with van der Waals surface area (Å²) in [6.07, 6.45) is 1.38. The molecular weight excluding hydrogens is 322 g/mol. The number of benzene rings is 1. The zero-order valence-corrected chi connectivity index (χ0v) is 14.7. The molecule has 0 saturated heterocycles. The molecule has 1 heterocycles. The van der Waals surface area contributed by atoms with Gasteiger partial charge in [0.25, 0.3) is 0 Å². The van der Waals surface area contributed by atoms with Crippen molar-refractivity contribution in [3.8, 4) is 11.6 Å². The number of anilines is 1. The van der Waals surface area contributed by atoms with E-state index >= 15 is 0 Å². The number of aryl methyl sites for hydroxylation is 1. The first-order valence-electron chi connectivity index (χ1n) is 8.27. The van der Waals surface area contributed by atoms with E-state index in [0.717, 1.165) is 12.8 Å². The van der Waals surface area contributed by atoms with E-state index in [1.165, 1.54) is 0 Å². The lowest BCUT2D eigenvalue weighted by molar-refractivity contribution is -0.385. The predicted molar refractivity (Wildman–Crippen MR) is 96.0 cm³/mol. The molecule has 7 heteroatoms. The molecular formula is C18H23N3O4. The molecule has 0 aliphatic rings. The number of nitro groups is 1. The Morgan fingerprint density at radius 2 is 2.00 bits per heavy atom. The Hall–Kier alpha value is -2.67. The Labute approximate surface area is 146 Å². The number of pyridine rings is 1. The van der Waals surface area contributed by atoms with Crippen LogP contribution >= 0.6 is 0 Å². The van der Waals surface area contributed by atoms with Gasteiger partial charge in [-0.05, 0) is 38.8 Å². The summed E-state index contributed by atoms with van der Waals surface area (Å²) < 4.78 is 5.64. The minimum absolute atomic E-state index is 0.0931. The molecule has 1 aromatic heterocycles. The molecule has 134 valence electrons. The summed E-state index contributed by atoms with van der Waals surface area (Å²) in [7, 11) is 0. The minimum Gasteiger partial charge on any atom is -0.434 e. The highest BCUT2D eigenvalue weighted by Gasteiger charge is 2.28. The summed E-state index contributed by atoms with van der Waals surface area (Å²) in [5, 5.41) is 24.7. The van der Waals surface area contributed by atoms with Gasteiger partial charge in [0.1, 0.15) is 17.7 Å². The Morgan fingerprint density at radius 1 is 1.32 bits per heavy atom. The third kappa shape index (κ3) is 4.67. The topological polar surface area (TPSA) is 97.5 Å². The van der Waals surface area contributed by atoms with Crippen LogP contribution in [0.1, 0.15) is 37.4 Å². The number of hydrogen-bond donors (Lipinski definition) is 2. The number of unbranched alkanes of at least 4 members (excludes halogenated alkanes) is 1. The van der Waals surface area contributed by atoms with Crippen molar-refractivity contribution in [3.05, 3.63) is 51.7 Å². The molecule has 2 aromatic rings. The van der Waals surface area contributed by atoms with Gasteiger partial charge in [-0.15, -0.1) is 0 Å². The first kappa shape index (κ1) is 18.7. The number of aromatic nitrogens is 1. The van der Waals surface area contributed by atoms with Crippen molar-refractivity contribution in [1.82, 2.24) is 4.98 Å². The van der Waals surface area contributed by atoms with Crippen LogP contribution in [0.25, 0.3) is 0 Å². The average Bonchev–Trinajstić information content (AvgIpc) is 2.58. The van der Waals surface area contributed by atoms with Gasteiger partial charge in [0, 0.05) is 11.3 Å². The second-order valence-electron chi connectivity index (χ2n) is 5.83. The number of aliphatic hydroxyl groups excluding tert-OH is 1. The van der Waals surface area contributed by atoms with Crippen molar-refractivity contribution in [2.24, 2.45) is 0 Å². The van der Waals surface area contributed by atoms with E-state index in [2.05, 4.69) is 10.3 Å². The van der Waals surface area contributed by atoms with E-state index in [1.54, 1.807) is 38.1 Å². The molecule has 0 aliphatic heterocycles. The second kappa shape index (κ2) is 8.43. The molecule has 0 fully saturated rings. The fourth-order valence-electron chi connectivity index (χ4n) is 2.41. The molecule has 2 N–H and O–H groups in total. The third-order valence-corrected chi connectivity index (χ3v) is 3.91. The Bertz CT molecular complexity index is 735. The van der Waals surface area contributed by atoms with Crippen molar-refractivity contribution in [1.29, 1.82) is 0 Å². The highest BCUT2D eigenvalue weighted by Crippen LogP contribution is 2.39. The predicted octanol–water partition coefficient (Wildman–Crippen LogP) is 4.32. The average molecular weight is 345 g/mol. The fraction of sp³-hybridized carbons (Fsp3) is 0.389. The molecule has 0 spiro atoms. The second-order valence-corrected chi connectivity index (χ2v) is 5.83. The Morgan fingerprint density at radius 3 is 2.60 bits per heavy atom. The summed E-state index contributed by atoms with van der Waals surface area (Å²) in [5.41, 5.74) is 1.18. The van der Waals surface area contributed by atoms with E-state index in [-0.39, 0.29) is 17.3 Å². The smallest absolute Gasteiger partial charge is 0.354 e. The van der Waals surface area contributed by atoms with Crippen molar-refractivity contribution in [2.75, 3.05) is 5.32 Å². The van der Waals surface area contributed by atoms with Crippen LogP contribution in [-0.2, 0) is 0 Å². The number of nitrogens with zero attached hydrogens (tertiary/aromatic N) is 2. The highest BCUT2D eigenvalue weighted by atomic mass is 16.6. The summed E-state index contributed by atoms with van der Waals surface area (Å²) in [4.78, 5) is 15.4. The maximum atomic E-state index is 11.7. The van der Waals surface area contributed by atoms with Gasteiger partial charge in [-0.1, -0.05) is 31.5 Å². The van der Waals surface area contributed by atoms with E-state index in [0.29, 0.717) is 23.4 Å². The van der Waals surface area contributed by atoms with Gasteiger partial charge in [0.15, 0.2) is 0 Å². The van der Waals surface area contributed by atoms with Crippen LogP contribution in [0, 0.1) is 24.0 Å². The number of ether oxygens (including phenoxy) is 1. The fourth-order valence-corrected chi connectivity index (χ4v) is 2.41. The SMILES string of the molecule is CCCCC(O)Nc1c(C)c(C)nc(Oc2ccccc2)c1[N+](=O)[O-]. The van der Waals surface area contributed by atoms with E-state index in [4.69, 9.17) is 4.74 Å². The van der Waals surface area contributed by atoms with Crippen LogP contribution in [0.2, 0.25) is 0 Å². The molecule has 25 heavy (non-hydrogen) atoms. The van der Waals surface area contributed by atoms with Crippen molar-refractivity contribution < 1.29 is 14.8 Å². The lowest BCUT2D eigenvalue weighted by Crippen LogP contribution is -2.20. The molecule has 1 unspecified atom stereocenters. The van der Waals surface area contributed by atoms with Gasteiger partial charge in [0.05, 0.1) is 4.92 Å². The van der Waals surface area contributed by atoms with Crippen LogP contribution < -0.4 is 10.1 Å². The normalized spacial score (nSPS) is 11.8. The summed E-state index contributed by atoms with van der Waals surface area (Å²) in [6.45, 7) is 5.50. The summed E-state index contributed by atoms with van der Waals surface area (Å²) in [6, 6.07) is 8.77. The maximum Gasteiger partial charge on any atom is 0.354 e. The van der Waals surface area contributed by atoms with Gasteiger partial charge in [-0.3, -0.25) is 10.1 Å². The third-order valence-electron chi connectivity index (χ3n) is 3.91. The lowest BCUT2D eigenvalue weighted by atomic mass is 10.1. The van der Waals surface area contributed by atoms with Gasteiger partial charge in [-0.2, -0.15) is 0 Å². The summed E-state index contributed by atoms with van der Waals surface area (Å²) >= 11 is 0. The highest BCUT2D eigenvalue weighted by molar-refractivity contribution is 5.71. The molecule has 7 nitrogen and oxygen atoms in total. The zero-order valence-electron chi connectivity index (χ0n) is 14.7. The van der Waals surface area contributed by atoms with Gasteiger partial charge < -0.3 is 15.2 Å². The zero-order chi connectivity index (χ0) is 18.4. The van der Waals surface area contributed by atoms with Gasteiger partial charge >= 0.3 is 11.6 Å². The summed E-state index contributed by atoms with van der Waals surface area (Å²) in [5.74, 6) is 0.364. The van der Waals surface area contributed by atoms with Crippen molar-refractivity contribution in [2.45, 2.75) is 46.3 Å². The molecule has 0 saturated carbocycles. The number of nitrogens with one attached hydrogen (secondary N) is 1. The van der Waals surface area contributed by atoms with Crippen LogP contribution in [-0.4, -0.2) is 21.2 Å². The maximum absolute atomic E-state index is 11.7. The molecule has 0 aliphatic carbocycles. The number of hydrogen-bond acceptors (Lipinski definition) is 6. The Balaban J connectivity index is 2.44. The standard InChI is InChI=1S/C18H23N3O4/c1-4-5-11-15(22)20-16-12(2)13(3)19-18(17(16)21(23)24)25-14-9-7-6-8-10-14/h6-10,15,22H,4-5,11H2,1-3H3,(H,19,20). The number of aliphatic hydroxyl groups is 1.